The molecule has 3 aromatic carbocycles. The van der Waals surface area contributed by atoms with E-state index in [-0.39, 0.29) is 38.9 Å². The third-order valence-electron chi connectivity index (χ3n) is 14.5. The Balaban J connectivity index is 1.35. The van der Waals surface area contributed by atoms with Crippen LogP contribution in [-0.2, 0) is 31.9 Å². The first-order valence-electron chi connectivity index (χ1n) is 24.6. The van der Waals surface area contributed by atoms with Gasteiger partial charge in [0.1, 0.15) is 17.4 Å². The third kappa shape index (κ3) is 14.6. The molecule has 0 heterocycles. The van der Waals surface area contributed by atoms with Crippen LogP contribution in [0.3, 0.4) is 0 Å². The number of carbonyl (C=O) groups excluding carboxylic acids is 2. The fourth-order valence-electron chi connectivity index (χ4n) is 10.0. The Morgan fingerprint density at radius 2 is 1.22 bits per heavy atom. The van der Waals surface area contributed by atoms with Crippen LogP contribution in [-0.4, -0.2) is 55.2 Å². The predicted molar refractivity (Wildman–Crippen MR) is 257 cm³/mol. The van der Waals surface area contributed by atoms with Gasteiger partial charge in [-0.3, -0.25) is 0 Å². The van der Waals surface area contributed by atoms with Crippen LogP contribution in [0.4, 0.5) is 8.78 Å². The summed E-state index contributed by atoms with van der Waals surface area (Å²) in [5, 5.41) is 20.2. The molecule has 3 aromatic rings. The third-order valence-corrected chi connectivity index (χ3v) is 14.5. The summed E-state index contributed by atoms with van der Waals surface area (Å²) in [7, 11) is 0. The maximum absolute atomic E-state index is 16.4. The first-order valence-corrected chi connectivity index (χ1v) is 24.6. The van der Waals surface area contributed by atoms with Crippen molar-refractivity contribution >= 4 is 11.9 Å². The average molecular weight is 899 g/mol. The number of aliphatic hydroxyl groups excluding tert-OH is 2. The maximum atomic E-state index is 16.4. The van der Waals surface area contributed by atoms with Gasteiger partial charge in [-0.05, 0) is 167 Å². The first kappa shape index (κ1) is 51.6. The number of benzene rings is 3. The van der Waals surface area contributed by atoms with Gasteiger partial charge in [-0.1, -0.05) is 89.8 Å². The smallest absolute Gasteiger partial charge is 0.333 e. The number of rotatable bonds is 25. The van der Waals surface area contributed by atoms with Crippen molar-refractivity contribution < 1.29 is 42.8 Å². The van der Waals surface area contributed by atoms with Gasteiger partial charge in [-0.25, -0.2) is 18.4 Å². The zero-order valence-electron chi connectivity index (χ0n) is 39.8. The van der Waals surface area contributed by atoms with E-state index in [0.29, 0.717) is 83.6 Å². The summed E-state index contributed by atoms with van der Waals surface area (Å²) in [6.07, 6.45) is 18.2. The minimum absolute atomic E-state index is 0.129. The van der Waals surface area contributed by atoms with Crippen LogP contribution in [0.1, 0.15) is 153 Å². The molecule has 65 heavy (non-hydrogen) atoms. The molecule has 0 aromatic heterocycles. The number of hydrogen-bond acceptors (Lipinski definition) is 7. The van der Waals surface area contributed by atoms with Gasteiger partial charge in [0.15, 0.2) is 0 Å². The second kappa shape index (κ2) is 25.5. The molecule has 0 saturated heterocycles. The highest BCUT2D eigenvalue weighted by Gasteiger charge is 2.32. The second-order valence-electron chi connectivity index (χ2n) is 19.3. The van der Waals surface area contributed by atoms with Crippen molar-refractivity contribution in [2.75, 3.05) is 33.0 Å². The van der Waals surface area contributed by atoms with Gasteiger partial charge in [0.2, 0.25) is 0 Å². The van der Waals surface area contributed by atoms with Crippen molar-refractivity contribution in [3.8, 4) is 28.0 Å². The number of hydrogen-bond donors (Lipinski definition) is 2. The highest BCUT2D eigenvalue weighted by atomic mass is 19.1. The number of ether oxygens (including phenoxy) is 3. The summed E-state index contributed by atoms with van der Waals surface area (Å²) >= 11 is 0. The maximum Gasteiger partial charge on any atom is 0.333 e. The lowest BCUT2D eigenvalue weighted by Gasteiger charge is -2.38. The van der Waals surface area contributed by atoms with E-state index in [4.69, 9.17) is 14.2 Å². The molecule has 0 bridgehead atoms. The molecule has 2 aliphatic carbocycles. The van der Waals surface area contributed by atoms with Crippen molar-refractivity contribution in [3.63, 3.8) is 0 Å². The van der Waals surface area contributed by atoms with Crippen LogP contribution < -0.4 is 4.74 Å². The van der Waals surface area contributed by atoms with Crippen molar-refractivity contribution in [2.45, 2.75) is 149 Å². The summed E-state index contributed by atoms with van der Waals surface area (Å²) in [5.41, 5.74) is 4.14. The van der Waals surface area contributed by atoms with Crippen molar-refractivity contribution in [2.24, 2.45) is 23.2 Å². The van der Waals surface area contributed by atoms with Gasteiger partial charge in [-0.15, -0.1) is 0 Å². The molecule has 2 saturated carbocycles. The molecule has 7 nitrogen and oxygen atoms in total. The topological polar surface area (TPSA) is 102 Å². The number of carbonyl (C=O) groups is 2. The Bertz CT molecular complexity index is 1970. The lowest BCUT2D eigenvalue weighted by molar-refractivity contribution is -0.139. The summed E-state index contributed by atoms with van der Waals surface area (Å²) in [5.74, 6) is 1.63. The number of esters is 2. The summed E-state index contributed by atoms with van der Waals surface area (Å²) in [6.45, 7) is 14.7. The fraction of sp³-hybridized carbons (Fsp3) is 0.571. The molecule has 0 amide bonds. The van der Waals surface area contributed by atoms with E-state index in [9.17, 15) is 19.8 Å². The monoisotopic (exact) mass is 899 g/mol. The Morgan fingerprint density at radius 1 is 0.677 bits per heavy atom. The van der Waals surface area contributed by atoms with Gasteiger partial charge in [0, 0.05) is 27.7 Å². The Hall–Kier alpha value is -4.34. The highest BCUT2D eigenvalue weighted by molar-refractivity contribution is 5.87. The molecule has 0 spiro atoms. The average Bonchev–Trinajstić information content (AvgIpc) is 3.31. The number of aryl methyl sites for hydroxylation is 2. The molecule has 9 heteroatoms. The van der Waals surface area contributed by atoms with E-state index in [1.54, 1.807) is 38.1 Å². The number of halogens is 2. The summed E-state index contributed by atoms with van der Waals surface area (Å²) in [6, 6.07) is 14.1. The van der Waals surface area contributed by atoms with E-state index in [2.05, 4.69) is 20.1 Å². The van der Waals surface area contributed by atoms with Crippen LogP contribution in [0.5, 0.6) is 5.75 Å². The van der Waals surface area contributed by atoms with Crippen LogP contribution in [0, 0.1) is 34.8 Å². The molecular weight excluding hydrogens is 823 g/mol. The lowest BCUT2D eigenvalue weighted by atomic mass is 9.68. The predicted octanol–water partition coefficient (Wildman–Crippen LogP) is 13.2. The van der Waals surface area contributed by atoms with Gasteiger partial charge in [-0.2, -0.15) is 0 Å². The normalized spacial score (nSPS) is 18.8. The minimum atomic E-state index is -0.718. The lowest BCUT2D eigenvalue weighted by Crippen LogP contribution is -2.31. The summed E-state index contributed by atoms with van der Waals surface area (Å²) in [4.78, 5) is 24.3. The SMILES string of the molecule is C=C(C)C(=O)OCCCc1cc(-c2ccc(-c3ccc(C4CCC(C5CCC(CCCCC)CC5)CC4)cc3F)cc2F)cc(CCCOC(=O)C(=C)C)c1OCCC(CC)(CO)CO. The van der Waals surface area contributed by atoms with E-state index in [0.717, 1.165) is 47.3 Å². The van der Waals surface area contributed by atoms with Crippen molar-refractivity contribution in [3.05, 3.63) is 101 Å². The van der Waals surface area contributed by atoms with E-state index >= 15 is 8.78 Å². The quantitative estimate of drug-likeness (QED) is 0.0496. The van der Waals surface area contributed by atoms with Crippen LogP contribution in [0.25, 0.3) is 22.3 Å². The summed E-state index contributed by atoms with van der Waals surface area (Å²) < 4.78 is 49.7. The van der Waals surface area contributed by atoms with E-state index in [1.165, 1.54) is 70.3 Å². The van der Waals surface area contributed by atoms with Crippen molar-refractivity contribution in [1.29, 1.82) is 0 Å². The van der Waals surface area contributed by atoms with Gasteiger partial charge in [0.25, 0.3) is 0 Å². The van der Waals surface area contributed by atoms with Gasteiger partial charge < -0.3 is 24.4 Å². The van der Waals surface area contributed by atoms with Crippen molar-refractivity contribution in [1.82, 2.24) is 0 Å². The molecular formula is C56H76F2O7. The molecule has 356 valence electrons. The van der Waals surface area contributed by atoms with Crippen LogP contribution in [0.2, 0.25) is 0 Å². The zero-order valence-corrected chi connectivity index (χ0v) is 39.8. The first-order chi connectivity index (χ1) is 31.3. The number of unbranched alkanes of at least 4 members (excludes halogenated alkanes) is 2. The van der Waals surface area contributed by atoms with Crippen LogP contribution >= 0.6 is 0 Å². The second-order valence-corrected chi connectivity index (χ2v) is 19.3. The molecule has 0 radical (unpaired) electrons. The molecule has 5 rings (SSSR count). The molecule has 2 aliphatic rings. The Labute approximate surface area is 388 Å². The molecule has 0 aliphatic heterocycles. The molecule has 2 N–H and O–H groups in total. The Kier molecular flexibility index (Phi) is 20.3. The molecule has 2 fully saturated rings. The zero-order chi connectivity index (χ0) is 46.9. The standard InChI is InChI=1S/C56H76F2O7/c1-7-9-10-13-40-16-18-41(19-17-40)42-20-22-43(23-21-42)44-24-26-49(51(57)34-44)45-25-27-50(52(58)35-45)48-32-46(14-11-29-64-54(61)38(3)4)53(63-31-28-56(8-2,36-59)37-60)47(33-48)15-12-30-65-55(62)39(5)6/h24-27,32-35,40-43,59-60H,3,5,7-23,28-31,36-37H2,1-2,4,6H3. The molecule has 0 unspecified atom stereocenters. The highest BCUT2D eigenvalue weighted by Crippen LogP contribution is 2.45. The van der Waals surface area contributed by atoms with Gasteiger partial charge in [0.05, 0.1) is 33.0 Å². The fourth-order valence-corrected chi connectivity index (χ4v) is 10.0. The largest absolute Gasteiger partial charge is 0.493 e. The van der Waals surface area contributed by atoms with Crippen LogP contribution in [0.15, 0.2) is 72.8 Å². The van der Waals surface area contributed by atoms with E-state index < -0.39 is 23.2 Å². The molecule has 0 atom stereocenters. The van der Waals surface area contributed by atoms with E-state index in [1.807, 2.05) is 25.1 Å². The minimum Gasteiger partial charge on any atom is -0.493 e. The van der Waals surface area contributed by atoms with Gasteiger partial charge >= 0.3 is 11.9 Å². The Morgan fingerprint density at radius 3 is 1.72 bits per heavy atom. The number of aliphatic hydroxyl groups is 2.